The molecule has 0 aromatic heterocycles. The van der Waals surface area contributed by atoms with Crippen LogP contribution in [0.2, 0.25) is 0 Å². The molecule has 0 atom stereocenters. The van der Waals surface area contributed by atoms with E-state index in [9.17, 15) is 0 Å². The molecule has 0 saturated carbocycles. The van der Waals surface area contributed by atoms with E-state index in [0.29, 0.717) is 0 Å². The minimum Gasteiger partial charge on any atom is -0.399 e. The van der Waals surface area contributed by atoms with Gasteiger partial charge < -0.3 is 18.6 Å². The van der Waals surface area contributed by atoms with Gasteiger partial charge in [0.05, 0.1) is 22.4 Å². The van der Waals surface area contributed by atoms with Gasteiger partial charge in [0.1, 0.15) is 0 Å². The van der Waals surface area contributed by atoms with Crippen LogP contribution in [0.4, 0.5) is 0 Å². The van der Waals surface area contributed by atoms with Crippen LogP contribution in [0.15, 0.2) is 84.9 Å². The molecular formula is C32H38B2O4. The van der Waals surface area contributed by atoms with Crippen LogP contribution >= 0.6 is 0 Å². The first-order valence-electron chi connectivity index (χ1n) is 13.5. The Kier molecular flexibility index (Phi) is 6.76. The molecule has 2 heterocycles. The normalized spacial score (nSPS) is 20.9. The highest BCUT2D eigenvalue weighted by atomic mass is 16.7. The maximum absolute atomic E-state index is 6.21. The molecule has 4 aromatic rings. The van der Waals surface area contributed by atoms with Gasteiger partial charge in [-0.1, -0.05) is 84.9 Å². The fourth-order valence-corrected chi connectivity index (χ4v) is 4.67. The Morgan fingerprint density at radius 3 is 1.00 bits per heavy atom. The third kappa shape index (κ3) is 5.03. The smallest absolute Gasteiger partial charge is 0.399 e. The van der Waals surface area contributed by atoms with Crippen molar-refractivity contribution in [1.29, 1.82) is 0 Å². The monoisotopic (exact) mass is 508 g/mol. The summed E-state index contributed by atoms with van der Waals surface area (Å²) >= 11 is 0. The molecule has 4 nitrogen and oxygen atoms in total. The molecule has 2 aliphatic heterocycles. The Hall–Kier alpha value is -2.63. The summed E-state index contributed by atoms with van der Waals surface area (Å²) in [6.45, 7) is 16.6. The second-order valence-electron chi connectivity index (χ2n) is 12.4. The minimum atomic E-state index is -0.366. The highest BCUT2D eigenvalue weighted by molar-refractivity contribution is 6.63. The van der Waals surface area contributed by atoms with Gasteiger partial charge >= 0.3 is 14.2 Å². The standard InChI is InChI=1S/C22H30B2O4.C10H8/c1-19(2)20(3,4)26-23(25-19)17-11-9-15-10-12-18(14-16(15)13-17)24-27-21(5,6)22(7,8)28-24;1-2-6-10-8-4-3-7-9(10)5-1/h9-14H,1-8H3;1-8H. The van der Waals surface area contributed by atoms with E-state index in [0.717, 1.165) is 16.3 Å². The molecule has 0 amide bonds. The molecule has 0 bridgehead atoms. The van der Waals surface area contributed by atoms with Crippen molar-refractivity contribution >= 4 is 46.7 Å². The maximum atomic E-state index is 6.21. The molecule has 38 heavy (non-hydrogen) atoms. The number of hydrogen-bond acceptors (Lipinski definition) is 4. The summed E-state index contributed by atoms with van der Waals surface area (Å²) in [7, 11) is -0.732. The van der Waals surface area contributed by atoms with Gasteiger partial charge in [0.25, 0.3) is 0 Å². The van der Waals surface area contributed by atoms with Crippen LogP contribution in [-0.2, 0) is 18.6 Å². The van der Waals surface area contributed by atoms with Gasteiger partial charge in [-0.25, -0.2) is 0 Å². The Morgan fingerprint density at radius 2 is 0.684 bits per heavy atom. The van der Waals surface area contributed by atoms with E-state index < -0.39 is 0 Å². The molecule has 6 rings (SSSR count). The van der Waals surface area contributed by atoms with Crippen LogP contribution < -0.4 is 10.9 Å². The Morgan fingerprint density at radius 1 is 0.395 bits per heavy atom. The Bertz CT molecular complexity index is 1290. The first kappa shape index (κ1) is 27.0. The van der Waals surface area contributed by atoms with Crippen molar-refractivity contribution in [3.8, 4) is 0 Å². The van der Waals surface area contributed by atoms with Crippen molar-refractivity contribution in [2.75, 3.05) is 0 Å². The van der Waals surface area contributed by atoms with E-state index in [1.807, 2.05) is 0 Å². The van der Waals surface area contributed by atoms with Gasteiger partial charge in [-0.3, -0.25) is 0 Å². The molecule has 0 unspecified atom stereocenters. The topological polar surface area (TPSA) is 36.9 Å². The molecule has 2 saturated heterocycles. The third-order valence-electron chi connectivity index (χ3n) is 8.60. The highest BCUT2D eigenvalue weighted by Gasteiger charge is 2.52. The molecule has 2 fully saturated rings. The predicted octanol–water partition coefficient (Wildman–Crippen LogP) is 6.28. The zero-order valence-corrected chi connectivity index (χ0v) is 23.9. The summed E-state index contributed by atoms with van der Waals surface area (Å²) in [6, 6.07) is 29.4. The third-order valence-corrected chi connectivity index (χ3v) is 8.60. The lowest BCUT2D eigenvalue weighted by Crippen LogP contribution is -2.41. The SMILES string of the molecule is CC1(C)OB(c2ccc3ccc(B4OC(C)(C)C(C)(C)O4)cc3c2)OC1(C)C.c1ccc2ccccc2c1. The molecule has 0 aliphatic carbocycles. The number of rotatable bonds is 2. The summed E-state index contributed by atoms with van der Waals surface area (Å²) < 4.78 is 24.8. The predicted molar refractivity (Wildman–Crippen MR) is 159 cm³/mol. The lowest BCUT2D eigenvalue weighted by Gasteiger charge is -2.32. The lowest BCUT2D eigenvalue weighted by molar-refractivity contribution is 0.00578. The molecule has 0 N–H and O–H groups in total. The zero-order chi connectivity index (χ0) is 27.3. The lowest BCUT2D eigenvalue weighted by atomic mass is 9.75. The van der Waals surface area contributed by atoms with Gasteiger partial charge in [0.15, 0.2) is 0 Å². The average Bonchev–Trinajstić information content (AvgIpc) is 3.23. The average molecular weight is 508 g/mol. The molecule has 196 valence electrons. The van der Waals surface area contributed by atoms with E-state index in [1.165, 1.54) is 16.2 Å². The molecule has 6 heteroatoms. The van der Waals surface area contributed by atoms with Crippen molar-refractivity contribution in [3.63, 3.8) is 0 Å². The van der Waals surface area contributed by atoms with Gasteiger partial charge in [0, 0.05) is 0 Å². The maximum Gasteiger partial charge on any atom is 0.494 e. The van der Waals surface area contributed by atoms with E-state index in [-0.39, 0.29) is 36.6 Å². The second-order valence-corrected chi connectivity index (χ2v) is 12.4. The van der Waals surface area contributed by atoms with Crippen LogP contribution in [0.5, 0.6) is 0 Å². The van der Waals surface area contributed by atoms with Crippen molar-refractivity contribution in [2.45, 2.75) is 77.8 Å². The minimum absolute atomic E-state index is 0.350. The molecule has 0 radical (unpaired) electrons. The fourth-order valence-electron chi connectivity index (χ4n) is 4.67. The van der Waals surface area contributed by atoms with Crippen LogP contribution in [0.25, 0.3) is 21.5 Å². The van der Waals surface area contributed by atoms with Crippen LogP contribution in [-0.4, -0.2) is 36.6 Å². The molecule has 2 aliphatic rings. The Labute approximate surface area is 227 Å². The van der Waals surface area contributed by atoms with Crippen LogP contribution in [0, 0.1) is 0 Å². The highest BCUT2D eigenvalue weighted by Crippen LogP contribution is 2.38. The summed E-state index contributed by atoms with van der Waals surface area (Å²) in [5.41, 5.74) is 0.650. The number of hydrogen-bond donors (Lipinski definition) is 0. The van der Waals surface area contributed by atoms with Gasteiger partial charge in [-0.2, -0.15) is 0 Å². The van der Waals surface area contributed by atoms with E-state index in [4.69, 9.17) is 18.6 Å². The second kappa shape index (κ2) is 9.53. The largest absolute Gasteiger partial charge is 0.494 e. The molecular weight excluding hydrogens is 470 g/mol. The van der Waals surface area contributed by atoms with Gasteiger partial charge in [0.2, 0.25) is 0 Å². The Balaban J connectivity index is 0.000000244. The number of benzene rings is 4. The van der Waals surface area contributed by atoms with Crippen molar-refractivity contribution in [1.82, 2.24) is 0 Å². The van der Waals surface area contributed by atoms with Gasteiger partial charge in [-0.05, 0) is 87.9 Å². The number of fused-ring (bicyclic) bond motifs is 2. The van der Waals surface area contributed by atoms with Crippen molar-refractivity contribution in [2.24, 2.45) is 0 Å². The quantitative estimate of drug-likeness (QED) is 0.299. The van der Waals surface area contributed by atoms with Crippen molar-refractivity contribution < 1.29 is 18.6 Å². The molecule has 4 aromatic carbocycles. The van der Waals surface area contributed by atoms with Crippen LogP contribution in [0.1, 0.15) is 55.4 Å². The first-order valence-corrected chi connectivity index (χ1v) is 13.5. The van der Waals surface area contributed by atoms with E-state index in [2.05, 4.69) is 140 Å². The summed E-state index contributed by atoms with van der Waals surface area (Å²) in [4.78, 5) is 0. The fraction of sp³-hybridized carbons (Fsp3) is 0.375. The van der Waals surface area contributed by atoms with Gasteiger partial charge in [-0.15, -0.1) is 0 Å². The molecule has 0 spiro atoms. The summed E-state index contributed by atoms with van der Waals surface area (Å²) in [5, 5.41) is 4.91. The summed E-state index contributed by atoms with van der Waals surface area (Å²) in [5.74, 6) is 0. The van der Waals surface area contributed by atoms with E-state index >= 15 is 0 Å². The van der Waals surface area contributed by atoms with Crippen molar-refractivity contribution in [3.05, 3.63) is 84.9 Å². The van der Waals surface area contributed by atoms with Crippen LogP contribution in [0.3, 0.4) is 0 Å². The summed E-state index contributed by atoms with van der Waals surface area (Å²) in [6.07, 6.45) is 0. The van der Waals surface area contributed by atoms with E-state index in [1.54, 1.807) is 0 Å². The first-order chi connectivity index (χ1) is 17.8. The zero-order valence-electron chi connectivity index (χ0n) is 23.9.